The summed E-state index contributed by atoms with van der Waals surface area (Å²) in [6.45, 7) is 4.26. The number of fused-ring (bicyclic) bond motifs is 1. The minimum absolute atomic E-state index is 0.0249. The summed E-state index contributed by atoms with van der Waals surface area (Å²) in [6, 6.07) is 8.71. The third-order valence-electron chi connectivity index (χ3n) is 4.95. The summed E-state index contributed by atoms with van der Waals surface area (Å²) >= 11 is 7.59. The van der Waals surface area contributed by atoms with Crippen LogP contribution in [0.3, 0.4) is 0 Å². The maximum atomic E-state index is 13.4. The lowest BCUT2D eigenvalue weighted by molar-refractivity contribution is -0.140. The van der Waals surface area contributed by atoms with Crippen LogP contribution < -0.4 is 0 Å². The fourth-order valence-electron chi connectivity index (χ4n) is 3.70. The number of amides is 1. The van der Waals surface area contributed by atoms with Crippen LogP contribution in [0, 0.1) is 0 Å². The van der Waals surface area contributed by atoms with Crippen LogP contribution in [0.4, 0.5) is 13.2 Å². The van der Waals surface area contributed by atoms with Gasteiger partial charge in [-0.25, -0.2) is 0 Å². The Hall–Kier alpha value is -2.58. The van der Waals surface area contributed by atoms with Crippen molar-refractivity contribution < 1.29 is 18.0 Å². The summed E-state index contributed by atoms with van der Waals surface area (Å²) in [4.78, 5) is 14.8. The minimum Gasteiger partial charge on any atom is -0.333 e. The van der Waals surface area contributed by atoms with E-state index < -0.39 is 11.9 Å². The Balaban J connectivity index is 1.87. The average Bonchev–Trinajstić information content (AvgIpc) is 3.32. The molecule has 29 heavy (non-hydrogen) atoms. The first-order valence-electron chi connectivity index (χ1n) is 8.69. The molecule has 0 radical (unpaired) electrons. The van der Waals surface area contributed by atoms with Crippen molar-refractivity contribution in [1.82, 2.24) is 15.1 Å². The number of carbonyl (C=O) groups excluding carboxylic acids is 1. The highest BCUT2D eigenvalue weighted by Gasteiger charge is 2.38. The van der Waals surface area contributed by atoms with Crippen LogP contribution in [0.5, 0.6) is 0 Å². The number of hydrogen-bond donors (Lipinski definition) is 1. The number of benzene rings is 1. The summed E-state index contributed by atoms with van der Waals surface area (Å²) in [6.07, 6.45) is -2.10. The zero-order chi connectivity index (χ0) is 20.8. The highest BCUT2D eigenvalue weighted by Crippen LogP contribution is 2.44. The first-order chi connectivity index (χ1) is 13.8. The molecule has 0 spiro atoms. The van der Waals surface area contributed by atoms with E-state index in [-0.39, 0.29) is 17.4 Å². The van der Waals surface area contributed by atoms with Crippen molar-refractivity contribution in [2.75, 3.05) is 6.54 Å². The lowest BCUT2D eigenvalue weighted by Crippen LogP contribution is -2.37. The molecule has 1 aromatic carbocycles. The van der Waals surface area contributed by atoms with Crippen LogP contribution in [0.1, 0.15) is 27.6 Å². The molecule has 1 unspecified atom stereocenters. The molecule has 1 amide bonds. The van der Waals surface area contributed by atoms with Gasteiger partial charge in [-0.3, -0.25) is 9.89 Å². The van der Waals surface area contributed by atoms with Gasteiger partial charge in [-0.2, -0.15) is 18.3 Å². The van der Waals surface area contributed by atoms with E-state index in [2.05, 4.69) is 16.8 Å². The first kappa shape index (κ1) is 19.7. The number of carbonyl (C=O) groups is 1. The van der Waals surface area contributed by atoms with Gasteiger partial charge in [0.15, 0.2) is 5.69 Å². The predicted octanol–water partition coefficient (Wildman–Crippen LogP) is 5.47. The van der Waals surface area contributed by atoms with E-state index in [1.165, 1.54) is 23.6 Å². The van der Waals surface area contributed by atoms with Gasteiger partial charge in [-0.15, -0.1) is 11.3 Å². The maximum Gasteiger partial charge on any atom is 0.435 e. The van der Waals surface area contributed by atoms with Gasteiger partial charge in [-0.1, -0.05) is 42.4 Å². The Kier molecular flexibility index (Phi) is 5.00. The van der Waals surface area contributed by atoms with Crippen molar-refractivity contribution in [3.63, 3.8) is 0 Å². The highest BCUT2D eigenvalue weighted by molar-refractivity contribution is 7.16. The molecule has 2 aromatic heterocycles. The zero-order valence-electron chi connectivity index (χ0n) is 15.0. The summed E-state index contributed by atoms with van der Waals surface area (Å²) in [5.41, 5.74) is 1.03. The number of aromatic amines is 1. The second-order valence-electron chi connectivity index (χ2n) is 6.64. The number of nitrogens with zero attached hydrogens (tertiary/aromatic N) is 2. The summed E-state index contributed by atoms with van der Waals surface area (Å²) < 4.78 is 40.9. The van der Waals surface area contributed by atoms with Crippen LogP contribution in [0.15, 0.2) is 49.2 Å². The number of thiophene rings is 1. The quantitative estimate of drug-likeness (QED) is 0.552. The van der Waals surface area contributed by atoms with E-state index in [0.717, 1.165) is 10.4 Å². The lowest BCUT2D eigenvalue weighted by atomic mass is 9.84. The van der Waals surface area contributed by atoms with Crippen molar-refractivity contribution >= 4 is 28.8 Å². The number of hydrogen-bond acceptors (Lipinski definition) is 3. The third-order valence-corrected chi connectivity index (χ3v) is 6.21. The molecule has 3 heterocycles. The molecule has 4 nitrogen and oxygen atoms in total. The predicted molar refractivity (Wildman–Crippen MR) is 106 cm³/mol. The Labute approximate surface area is 173 Å². The van der Waals surface area contributed by atoms with E-state index in [4.69, 9.17) is 11.6 Å². The number of alkyl halides is 3. The van der Waals surface area contributed by atoms with Gasteiger partial charge in [0.1, 0.15) is 0 Å². The molecule has 1 N–H and O–H groups in total. The van der Waals surface area contributed by atoms with Crippen molar-refractivity contribution in [1.29, 1.82) is 0 Å². The molecule has 0 aliphatic carbocycles. The van der Waals surface area contributed by atoms with Crippen LogP contribution >= 0.6 is 22.9 Å². The van der Waals surface area contributed by atoms with E-state index in [1.54, 1.807) is 29.2 Å². The lowest BCUT2D eigenvalue weighted by Gasteiger charge is -2.33. The molecule has 4 rings (SSSR count). The largest absolute Gasteiger partial charge is 0.435 e. The Morgan fingerprint density at radius 2 is 2.07 bits per heavy atom. The fraction of sp³-hybridized carbons (Fsp3) is 0.200. The number of aromatic nitrogens is 2. The second-order valence-corrected chi connectivity index (χ2v) is 8.41. The number of rotatable bonds is 3. The molecule has 0 saturated heterocycles. The van der Waals surface area contributed by atoms with Gasteiger partial charge >= 0.3 is 6.18 Å². The van der Waals surface area contributed by atoms with Crippen LogP contribution in [-0.2, 0) is 17.5 Å². The normalized spacial score (nSPS) is 16.6. The smallest absolute Gasteiger partial charge is 0.333 e. The highest BCUT2D eigenvalue weighted by atomic mass is 35.5. The summed E-state index contributed by atoms with van der Waals surface area (Å²) in [7, 11) is 0. The van der Waals surface area contributed by atoms with E-state index in [1.807, 2.05) is 6.07 Å². The van der Waals surface area contributed by atoms with Crippen LogP contribution in [0.2, 0.25) is 4.34 Å². The maximum absolute atomic E-state index is 13.4. The zero-order valence-corrected chi connectivity index (χ0v) is 16.5. The first-order valence-corrected chi connectivity index (χ1v) is 9.88. The molecular weight excluding hydrogens is 423 g/mol. The second kappa shape index (κ2) is 7.35. The van der Waals surface area contributed by atoms with E-state index in [9.17, 15) is 18.0 Å². The van der Waals surface area contributed by atoms with Gasteiger partial charge < -0.3 is 4.90 Å². The van der Waals surface area contributed by atoms with Gasteiger partial charge in [-0.05, 0) is 28.8 Å². The monoisotopic (exact) mass is 437 g/mol. The molecule has 1 aliphatic heterocycles. The molecule has 0 saturated carbocycles. The number of nitrogens with one attached hydrogen (secondary N) is 1. The molecular formula is C20H15ClF3N3OS. The van der Waals surface area contributed by atoms with Gasteiger partial charge in [0.25, 0.3) is 0 Å². The minimum atomic E-state index is -4.59. The average molecular weight is 438 g/mol. The molecule has 0 fully saturated rings. The Morgan fingerprint density at radius 3 is 2.79 bits per heavy atom. The molecule has 1 atom stereocenters. The van der Waals surface area contributed by atoms with Gasteiger partial charge in [0, 0.05) is 29.1 Å². The fourth-order valence-corrected chi connectivity index (χ4v) is 5.06. The molecule has 150 valence electrons. The van der Waals surface area contributed by atoms with Gasteiger partial charge in [0.2, 0.25) is 5.91 Å². The van der Waals surface area contributed by atoms with Crippen molar-refractivity contribution in [3.05, 3.63) is 75.2 Å². The van der Waals surface area contributed by atoms with Gasteiger partial charge in [0.05, 0.1) is 10.9 Å². The van der Waals surface area contributed by atoms with Crippen molar-refractivity contribution in [2.24, 2.45) is 0 Å². The molecule has 9 heteroatoms. The van der Waals surface area contributed by atoms with E-state index in [0.29, 0.717) is 28.6 Å². The molecule has 1 aliphatic rings. The molecule has 3 aromatic rings. The SMILES string of the molecule is C=CC(=O)N1Cc2sc(Cl)cc2C(c2ccccc2-c2c[nH]nc2C(F)(F)F)C1. The standard InChI is InChI=1S/C20H15ClF3N3OS/c1-2-18(28)27-9-15(13-7-17(21)29-16(13)10-27)12-6-4-3-5-11(12)14-8-25-26-19(14)20(22,23)24/h2-8,15H,1,9-10H2,(H,25,26). The summed E-state index contributed by atoms with van der Waals surface area (Å²) in [5.74, 6) is -0.555. The Morgan fingerprint density at radius 1 is 1.31 bits per heavy atom. The number of halogens is 4. The van der Waals surface area contributed by atoms with Crippen molar-refractivity contribution in [2.45, 2.75) is 18.6 Å². The van der Waals surface area contributed by atoms with E-state index >= 15 is 0 Å². The third kappa shape index (κ3) is 3.58. The van der Waals surface area contributed by atoms with Crippen molar-refractivity contribution in [3.8, 4) is 11.1 Å². The van der Waals surface area contributed by atoms with Crippen LogP contribution in [-0.4, -0.2) is 27.5 Å². The Bertz CT molecular complexity index is 1090. The summed E-state index contributed by atoms with van der Waals surface area (Å²) in [5, 5.41) is 5.73. The molecule has 0 bridgehead atoms. The number of H-pyrrole nitrogens is 1. The topological polar surface area (TPSA) is 49.0 Å². The van der Waals surface area contributed by atoms with Crippen LogP contribution in [0.25, 0.3) is 11.1 Å².